The molecule has 15 heavy (non-hydrogen) atoms. The van der Waals surface area contributed by atoms with Gasteiger partial charge in [0.2, 0.25) is 0 Å². The molecule has 0 spiro atoms. The Bertz CT molecular complexity index is 334. The summed E-state index contributed by atoms with van der Waals surface area (Å²) in [7, 11) is -1.01. The van der Waals surface area contributed by atoms with E-state index < -0.39 is 11.0 Å². The molecule has 0 aliphatic carbocycles. The molecule has 1 aliphatic heterocycles. The van der Waals surface area contributed by atoms with Crippen LogP contribution in [-0.4, -0.2) is 27.6 Å². The molecule has 1 unspecified atom stereocenters. The average Bonchev–Trinajstić information content (AvgIpc) is 2.30. The highest BCUT2D eigenvalue weighted by atomic mass is 32.2. The first-order chi connectivity index (χ1) is 7.27. The SMILES string of the molecule is NC1CCN(S(=O)c2ccccc2)CC1. The largest absolute Gasteiger partial charge is 0.328 e. The molecular formula is C11H16N2OS. The lowest BCUT2D eigenvalue weighted by Crippen LogP contribution is -2.40. The zero-order valence-corrected chi connectivity index (χ0v) is 9.45. The van der Waals surface area contributed by atoms with E-state index in [0.717, 1.165) is 30.8 Å². The molecule has 1 atom stereocenters. The highest BCUT2D eigenvalue weighted by molar-refractivity contribution is 7.82. The van der Waals surface area contributed by atoms with Crippen molar-refractivity contribution in [2.45, 2.75) is 23.8 Å². The third-order valence-corrected chi connectivity index (χ3v) is 4.19. The smallest absolute Gasteiger partial charge is 0.127 e. The summed E-state index contributed by atoms with van der Waals surface area (Å²) in [6.45, 7) is 1.67. The summed E-state index contributed by atoms with van der Waals surface area (Å²) in [6, 6.07) is 9.88. The van der Waals surface area contributed by atoms with Gasteiger partial charge in [-0.1, -0.05) is 18.2 Å². The fourth-order valence-electron chi connectivity index (χ4n) is 1.73. The number of nitrogens with zero attached hydrogens (tertiary/aromatic N) is 1. The minimum Gasteiger partial charge on any atom is -0.328 e. The summed E-state index contributed by atoms with van der Waals surface area (Å²) >= 11 is 0. The summed E-state index contributed by atoms with van der Waals surface area (Å²) < 4.78 is 14.1. The molecule has 0 amide bonds. The molecule has 1 saturated heterocycles. The fraction of sp³-hybridized carbons (Fsp3) is 0.455. The van der Waals surface area contributed by atoms with Gasteiger partial charge in [-0.3, -0.25) is 0 Å². The van der Waals surface area contributed by atoms with Crippen LogP contribution in [0, 0.1) is 0 Å². The molecule has 2 N–H and O–H groups in total. The summed E-state index contributed by atoms with van der Waals surface area (Å²) in [5, 5.41) is 0. The van der Waals surface area contributed by atoms with E-state index in [0.29, 0.717) is 0 Å². The Morgan fingerprint density at radius 1 is 1.20 bits per heavy atom. The molecule has 2 rings (SSSR count). The van der Waals surface area contributed by atoms with Gasteiger partial charge in [-0.25, -0.2) is 8.51 Å². The Morgan fingerprint density at radius 2 is 1.80 bits per heavy atom. The van der Waals surface area contributed by atoms with E-state index in [1.165, 1.54) is 0 Å². The van der Waals surface area contributed by atoms with Crippen LogP contribution in [0.1, 0.15) is 12.8 Å². The lowest BCUT2D eigenvalue weighted by Gasteiger charge is -2.28. The van der Waals surface area contributed by atoms with Gasteiger partial charge < -0.3 is 5.73 Å². The number of rotatable bonds is 2. The minimum absolute atomic E-state index is 0.286. The second-order valence-electron chi connectivity index (χ2n) is 3.83. The van der Waals surface area contributed by atoms with Crippen molar-refractivity contribution in [1.82, 2.24) is 4.31 Å². The summed E-state index contributed by atoms with van der Waals surface area (Å²) in [6.07, 6.45) is 1.89. The monoisotopic (exact) mass is 224 g/mol. The Labute approximate surface area is 92.9 Å². The van der Waals surface area contributed by atoms with Crippen LogP contribution >= 0.6 is 0 Å². The molecule has 0 radical (unpaired) electrons. The number of hydrogen-bond acceptors (Lipinski definition) is 2. The van der Waals surface area contributed by atoms with Gasteiger partial charge in [0.25, 0.3) is 0 Å². The molecule has 1 aromatic carbocycles. The van der Waals surface area contributed by atoms with E-state index >= 15 is 0 Å². The topological polar surface area (TPSA) is 46.3 Å². The first-order valence-corrected chi connectivity index (χ1v) is 6.35. The first-order valence-electron chi connectivity index (χ1n) is 5.25. The lowest BCUT2D eigenvalue weighted by molar-refractivity contribution is 0.334. The van der Waals surface area contributed by atoms with Crippen molar-refractivity contribution in [3.63, 3.8) is 0 Å². The molecule has 0 saturated carbocycles. The van der Waals surface area contributed by atoms with Gasteiger partial charge in [-0.2, -0.15) is 0 Å². The second-order valence-corrected chi connectivity index (χ2v) is 5.31. The first kappa shape index (κ1) is 10.8. The van der Waals surface area contributed by atoms with Gasteiger partial charge in [-0.05, 0) is 25.0 Å². The van der Waals surface area contributed by atoms with Crippen molar-refractivity contribution in [3.05, 3.63) is 30.3 Å². The van der Waals surface area contributed by atoms with E-state index in [-0.39, 0.29) is 6.04 Å². The van der Waals surface area contributed by atoms with E-state index in [1.807, 2.05) is 34.6 Å². The maximum atomic E-state index is 12.1. The molecule has 1 fully saturated rings. The van der Waals surface area contributed by atoms with Crippen molar-refractivity contribution < 1.29 is 4.21 Å². The van der Waals surface area contributed by atoms with Gasteiger partial charge in [0.1, 0.15) is 11.0 Å². The molecule has 0 aromatic heterocycles. The molecule has 3 nitrogen and oxygen atoms in total. The highest BCUT2D eigenvalue weighted by Crippen LogP contribution is 2.15. The number of benzene rings is 1. The van der Waals surface area contributed by atoms with E-state index in [9.17, 15) is 4.21 Å². The maximum absolute atomic E-state index is 12.1. The van der Waals surface area contributed by atoms with Crippen LogP contribution in [0.25, 0.3) is 0 Å². The van der Waals surface area contributed by atoms with Crippen LogP contribution in [0.2, 0.25) is 0 Å². The van der Waals surface area contributed by atoms with Gasteiger partial charge in [0.15, 0.2) is 0 Å². The van der Waals surface area contributed by atoms with Gasteiger partial charge in [0.05, 0.1) is 4.90 Å². The molecule has 4 heteroatoms. The van der Waals surface area contributed by atoms with Crippen LogP contribution in [0.15, 0.2) is 35.2 Å². The summed E-state index contributed by atoms with van der Waals surface area (Å²) in [5.74, 6) is 0. The number of nitrogens with two attached hydrogens (primary N) is 1. The normalized spacial score (nSPS) is 21.4. The standard InChI is InChI=1S/C11H16N2OS/c12-10-6-8-13(9-7-10)15(14)11-4-2-1-3-5-11/h1-5,10H,6-9,12H2. The Kier molecular flexibility index (Phi) is 3.51. The quantitative estimate of drug-likeness (QED) is 0.818. The predicted octanol–water partition coefficient (Wildman–Crippen LogP) is 1.13. The summed E-state index contributed by atoms with van der Waals surface area (Å²) in [4.78, 5) is 0.882. The van der Waals surface area contributed by atoms with Gasteiger partial charge >= 0.3 is 0 Å². The van der Waals surface area contributed by atoms with E-state index in [1.54, 1.807) is 0 Å². The molecule has 1 aromatic rings. The van der Waals surface area contributed by atoms with Crippen molar-refractivity contribution in [2.75, 3.05) is 13.1 Å². The molecule has 1 heterocycles. The minimum atomic E-state index is -1.01. The highest BCUT2D eigenvalue weighted by Gasteiger charge is 2.21. The number of piperidine rings is 1. The molecule has 0 bridgehead atoms. The van der Waals surface area contributed by atoms with Gasteiger partial charge in [-0.15, -0.1) is 0 Å². The van der Waals surface area contributed by atoms with Crippen LogP contribution in [0.3, 0.4) is 0 Å². The Morgan fingerprint density at radius 3 is 2.40 bits per heavy atom. The average molecular weight is 224 g/mol. The van der Waals surface area contributed by atoms with Crippen molar-refractivity contribution in [3.8, 4) is 0 Å². The zero-order chi connectivity index (χ0) is 10.7. The zero-order valence-electron chi connectivity index (χ0n) is 8.63. The molecule has 1 aliphatic rings. The third kappa shape index (κ3) is 2.65. The van der Waals surface area contributed by atoms with Crippen molar-refractivity contribution >= 4 is 11.0 Å². The number of hydrogen-bond donors (Lipinski definition) is 1. The maximum Gasteiger partial charge on any atom is 0.127 e. The van der Waals surface area contributed by atoms with Gasteiger partial charge in [0, 0.05) is 19.1 Å². The third-order valence-electron chi connectivity index (χ3n) is 2.68. The Hall–Kier alpha value is -0.710. The molecule has 82 valence electrons. The fourth-order valence-corrected chi connectivity index (χ4v) is 2.96. The lowest BCUT2D eigenvalue weighted by atomic mass is 10.1. The van der Waals surface area contributed by atoms with Crippen molar-refractivity contribution in [2.24, 2.45) is 5.73 Å². The van der Waals surface area contributed by atoms with E-state index in [2.05, 4.69) is 0 Å². The van der Waals surface area contributed by atoms with Crippen molar-refractivity contribution in [1.29, 1.82) is 0 Å². The predicted molar refractivity (Wildman–Crippen MR) is 61.6 cm³/mol. The van der Waals surface area contributed by atoms with Crippen LogP contribution in [-0.2, 0) is 11.0 Å². The van der Waals surface area contributed by atoms with Crippen LogP contribution in [0.5, 0.6) is 0 Å². The summed E-state index contributed by atoms with van der Waals surface area (Å²) in [5.41, 5.74) is 5.81. The molecular weight excluding hydrogens is 208 g/mol. The van der Waals surface area contributed by atoms with E-state index in [4.69, 9.17) is 5.73 Å². The van der Waals surface area contributed by atoms with Crippen LogP contribution in [0.4, 0.5) is 0 Å². The van der Waals surface area contributed by atoms with Crippen LogP contribution < -0.4 is 5.73 Å². The Balaban J connectivity index is 2.03. The second kappa shape index (κ2) is 4.88.